The molecule has 3 aromatic rings. The summed E-state index contributed by atoms with van der Waals surface area (Å²) >= 11 is 0. The summed E-state index contributed by atoms with van der Waals surface area (Å²) in [5.74, 6) is -10.6. The quantitative estimate of drug-likeness (QED) is 0.0241. The topological polar surface area (TPSA) is 387 Å². The van der Waals surface area contributed by atoms with Crippen LogP contribution < -0.4 is 31.3 Å². The van der Waals surface area contributed by atoms with E-state index in [0.717, 1.165) is 55.0 Å². The molecular weight excluding hydrogens is 1480 g/mol. The van der Waals surface area contributed by atoms with Gasteiger partial charge in [0.25, 0.3) is 0 Å². The standard InChI is InChI=1S/C83H116N8O23/c1-20-47(8)68(63(105-17)40-64(95)91-38-28-33-61(91)69(106-18)49(10)74(96)84-48(9)41-83(104)36-26-21-27-37-83)89(15)78(100)66(45(4)5)87-77(99)67(46(6)7)90(16)82(103)109-42-54-34-35-60(62(39-54)113-80-73(112-53(14)94)71(111-52(13)93)70(110-51(12)92)72(114-80)79(101)107-19)86-75(97)50(11)85-76(98)65(44(2)3)88-81(102)108-43-59-57-31-24-22-29-55(57)56-30-23-25-32-58(56)59/h21-27,29-32,34-36,39,44-50,59,61,63,65-73,80,104H,20,28,33,37-38,40-43H2,1-19H3,(H,84,96)(H,85,98)(H,86,97)(H,87,99)(H,88,102)/t47-,48+,49+,50-,61-,63+,65-,66-,67-,68-,69+,70-,71-,72-,73+,80+,83-/m0/s1. The van der Waals surface area contributed by atoms with Crippen LogP contribution in [-0.2, 0) is 97.2 Å². The SMILES string of the molecule is CC[C@H](C)[C@@H]([C@@H](CC(=O)N1CCC[C@H]1[C@H](OC)[C@@H](C)C(=O)N[C@H](C)C[C@]1(O)C=CC=CC1)OC)N(C)C(=O)[C@@H](NC(=O)[C@H](C(C)C)N(C)C(=O)OCc1ccc(NC(=O)[C@H](C)NC(=O)[C@@H](NC(=O)OCC2c3ccccc3-c3ccccc32)C(C)C)c(O[C@@H]2O[C@H](C(=O)OC)[C@@H](OC(C)=O)[C@H](OC(C)=O)[C@H]2OC(C)=O)c1)C(C)C. The monoisotopic (exact) mass is 1590 g/mol. The van der Waals surface area contributed by atoms with E-state index < -0.39 is 175 Å². The molecule has 114 heavy (non-hydrogen) atoms. The van der Waals surface area contributed by atoms with E-state index in [1.54, 1.807) is 72.6 Å². The van der Waals surface area contributed by atoms with E-state index in [4.69, 9.17) is 47.4 Å². The molecular formula is C83H116N8O23. The number of fused-ring (bicyclic) bond motifs is 3. The van der Waals surface area contributed by atoms with E-state index >= 15 is 4.79 Å². The third kappa shape index (κ3) is 23.2. The summed E-state index contributed by atoms with van der Waals surface area (Å²) < 4.78 is 57.9. The maximum absolute atomic E-state index is 15.1. The average Bonchev–Trinajstić information content (AvgIpc) is 1.56. The van der Waals surface area contributed by atoms with E-state index in [0.29, 0.717) is 38.6 Å². The lowest BCUT2D eigenvalue weighted by molar-refractivity contribution is -0.282. The summed E-state index contributed by atoms with van der Waals surface area (Å²) in [6.07, 6.45) is -3.14. The van der Waals surface area contributed by atoms with Gasteiger partial charge in [-0.15, -0.1) is 0 Å². The van der Waals surface area contributed by atoms with Gasteiger partial charge in [-0.05, 0) is 103 Å². The number of likely N-dealkylation sites (tertiary alicyclic amines) is 1. The molecule has 2 aliphatic carbocycles. The Labute approximate surface area is 667 Å². The molecule has 6 N–H and O–H groups in total. The van der Waals surface area contributed by atoms with Gasteiger partial charge in [0.2, 0.25) is 47.8 Å². The number of aliphatic hydroxyl groups is 1. The Morgan fingerprint density at radius 1 is 0.667 bits per heavy atom. The fourth-order valence-electron chi connectivity index (χ4n) is 15.4. The molecule has 17 atom stereocenters. The smallest absolute Gasteiger partial charge is 0.410 e. The summed E-state index contributed by atoms with van der Waals surface area (Å²) in [5, 5.41) is 25.0. The van der Waals surface area contributed by atoms with Crippen molar-refractivity contribution in [2.75, 3.05) is 53.9 Å². The van der Waals surface area contributed by atoms with Crippen LogP contribution in [0.3, 0.4) is 0 Å². The zero-order valence-electron chi connectivity index (χ0n) is 68.8. The maximum atomic E-state index is 15.1. The Bertz CT molecular complexity index is 3930. The number of esters is 4. The normalized spacial score (nSPS) is 21.6. The number of benzene rings is 3. The van der Waals surface area contributed by atoms with Crippen LogP contribution in [0.5, 0.6) is 5.75 Å². The molecule has 0 bridgehead atoms. The molecule has 626 valence electrons. The van der Waals surface area contributed by atoms with Crippen molar-refractivity contribution < 1.29 is 110 Å². The van der Waals surface area contributed by atoms with Crippen molar-refractivity contribution >= 4 is 77.2 Å². The van der Waals surface area contributed by atoms with Gasteiger partial charge < -0.3 is 88.9 Å². The first-order valence-corrected chi connectivity index (χ1v) is 38.9. The highest BCUT2D eigenvalue weighted by atomic mass is 16.7. The number of nitrogens with zero attached hydrogens (tertiary/aromatic N) is 3. The third-order valence-corrected chi connectivity index (χ3v) is 21.3. The number of alkyl carbamates (subject to hydrolysis) is 1. The van der Waals surface area contributed by atoms with Gasteiger partial charge in [0.05, 0.1) is 55.0 Å². The minimum Gasteiger partial charge on any atom is -0.467 e. The van der Waals surface area contributed by atoms with Crippen molar-refractivity contribution in [2.24, 2.45) is 29.6 Å². The van der Waals surface area contributed by atoms with Crippen LogP contribution in [0.4, 0.5) is 15.3 Å². The number of hydrogen-bond donors (Lipinski definition) is 6. The van der Waals surface area contributed by atoms with Gasteiger partial charge in [-0.3, -0.25) is 48.1 Å². The molecule has 0 unspecified atom stereocenters. The number of hydrogen-bond acceptors (Lipinski definition) is 23. The summed E-state index contributed by atoms with van der Waals surface area (Å²) in [6, 6.07) is 13.1. The predicted molar refractivity (Wildman–Crippen MR) is 417 cm³/mol. The zero-order chi connectivity index (χ0) is 84.3. The Hall–Kier alpha value is -9.98. The Morgan fingerprint density at radius 3 is 1.84 bits per heavy atom. The van der Waals surface area contributed by atoms with E-state index in [9.17, 15) is 57.8 Å². The van der Waals surface area contributed by atoms with Crippen LogP contribution in [-0.4, -0.2) is 231 Å². The number of rotatable bonds is 36. The first kappa shape index (κ1) is 91.2. The summed E-state index contributed by atoms with van der Waals surface area (Å²) in [6.45, 7) is 21.9. The molecule has 2 heterocycles. The van der Waals surface area contributed by atoms with Crippen molar-refractivity contribution in [3.63, 3.8) is 0 Å². The number of allylic oxidation sites excluding steroid dienone is 2. The lowest BCUT2D eigenvalue weighted by Gasteiger charge is -2.43. The van der Waals surface area contributed by atoms with Crippen LogP contribution in [0.25, 0.3) is 11.1 Å². The lowest BCUT2D eigenvalue weighted by Crippen LogP contribution is -2.64. The average molecular weight is 1590 g/mol. The fraction of sp³-hybridized carbons (Fsp3) is 0.590. The highest BCUT2D eigenvalue weighted by Gasteiger charge is 2.56. The Kier molecular flexibility index (Phi) is 33.1. The van der Waals surface area contributed by atoms with Gasteiger partial charge in [0.15, 0.2) is 18.3 Å². The van der Waals surface area contributed by atoms with Crippen LogP contribution >= 0.6 is 0 Å². The molecule has 31 nitrogen and oxygen atoms in total. The molecule has 31 heteroatoms. The number of anilines is 1. The molecule has 3 aromatic carbocycles. The van der Waals surface area contributed by atoms with Crippen LogP contribution in [0.15, 0.2) is 91.0 Å². The van der Waals surface area contributed by atoms with Gasteiger partial charge in [-0.2, -0.15) is 0 Å². The van der Waals surface area contributed by atoms with Gasteiger partial charge in [-0.25, -0.2) is 14.4 Å². The number of carbonyl (C=O) groups excluding carboxylic acids is 12. The molecule has 7 rings (SSSR count). The molecule has 2 aliphatic heterocycles. The number of amides is 8. The van der Waals surface area contributed by atoms with Gasteiger partial charge in [0.1, 0.15) is 43.1 Å². The first-order chi connectivity index (χ1) is 53.9. The Morgan fingerprint density at radius 2 is 1.28 bits per heavy atom. The lowest BCUT2D eigenvalue weighted by atomic mass is 9.88. The second-order valence-corrected chi connectivity index (χ2v) is 30.9. The summed E-state index contributed by atoms with van der Waals surface area (Å²) in [7, 11) is 6.92. The molecule has 8 amide bonds. The molecule has 2 saturated heterocycles. The van der Waals surface area contributed by atoms with Crippen molar-refractivity contribution in [3.05, 3.63) is 108 Å². The Balaban J connectivity index is 1.08. The molecule has 0 aromatic heterocycles. The van der Waals surface area contributed by atoms with Gasteiger partial charge in [0, 0.05) is 67.6 Å². The van der Waals surface area contributed by atoms with Crippen molar-refractivity contribution in [2.45, 2.75) is 239 Å². The van der Waals surface area contributed by atoms with Crippen molar-refractivity contribution in [1.29, 1.82) is 0 Å². The number of likely N-dealkylation sites (N-methyl/N-ethyl adjacent to an activating group) is 2. The van der Waals surface area contributed by atoms with E-state index in [1.807, 2.05) is 81.5 Å². The molecule has 0 radical (unpaired) electrons. The summed E-state index contributed by atoms with van der Waals surface area (Å²) in [5.41, 5.74) is 2.86. The highest BCUT2D eigenvalue weighted by molar-refractivity contribution is 5.99. The van der Waals surface area contributed by atoms with E-state index in [2.05, 4.69) is 26.6 Å². The molecule has 0 spiro atoms. The van der Waals surface area contributed by atoms with Crippen molar-refractivity contribution in [3.8, 4) is 16.9 Å². The molecule has 2 fully saturated rings. The molecule has 4 aliphatic rings. The van der Waals surface area contributed by atoms with Crippen LogP contribution in [0, 0.1) is 29.6 Å². The minimum atomic E-state index is -1.97. The minimum absolute atomic E-state index is 0.0374. The predicted octanol–water partition coefficient (Wildman–Crippen LogP) is 7.56. The van der Waals surface area contributed by atoms with Crippen LogP contribution in [0.1, 0.15) is 158 Å². The second kappa shape index (κ2) is 41.4. The van der Waals surface area contributed by atoms with Crippen molar-refractivity contribution in [1.82, 2.24) is 36.0 Å². The molecule has 0 saturated carbocycles. The van der Waals surface area contributed by atoms with E-state index in [1.165, 1.54) is 51.3 Å². The fourth-order valence-corrected chi connectivity index (χ4v) is 15.4. The largest absolute Gasteiger partial charge is 0.467 e. The van der Waals surface area contributed by atoms with E-state index in [-0.39, 0.29) is 59.7 Å². The van der Waals surface area contributed by atoms with Gasteiger partial charge in [-0.1, -0.05) is 148 Å². The number of carbonyl (C=O) groups is 12. The maximum Gasteiger partial charge on any atom is 0.410 e. The first-order valence-electron chi connectivity index (χ1n) is 38.9. The number of nitrogens with one attached hydrogen (secondary N) is 5. The van der Waals surface area contributed by atoms with Crippen LogP contribution in [0.2, 0.25) is 0 Å². The zero-order valence-corrected chi connectivity index (χ0v) is 68.8. The highest BCUT2D eigenvalue weighted by Crippen LogP contribution is 2.45. The van der Waals surface area contributed by atoms with Gasteiger partial charge >= 0.3 is 36.1 Å². The number of methoxy groups -OCH3 is 3. The summed E-state index contributed by atoms with van der Waals surface area (Å²) in [4.78, 5) is 171. The second-order valence-electron chi connectivity index (χ2n) is 30.9. The number of ether oxygens (including phenoxy) is 10. The third-order valence-electron chi connectivity index (χ3n) is 21.3.